The van der Waals surface area contributed by atoms with E-state index in [-0.39, 0.29) is 23.7 Å². The highest BCUT2D eigenvalue weighted by Gasteiger charge is 2.44. The van der Waals surface area contributed by atoms with E-state index < -0.39 is 0 Å². The van der Waals surface area contributed by atoms with Crippen LogP contribution in [0.3, 0.4) is 0 Å². The summed E-state index contributed by atoms with van der Waals surface area (Å²) >= 11 is 0. The van der Waals surface area contributed by atoms with Crippen molar-refractivity contribution in [3.05, 3.63) is 102 Å². The molecule has 1 aliphatic rings. The minimum absolute atomic E-state index is 0.0101. The van der Waals surface area contributed by atoms with Crippen molar-refractivity contribution in [3.8, 4) is 0 Å². The van der Waals surface area contributed by atoms with Crippen LogP contribution in [0.5, 0.6) is 0 Å². The largest absolute Gasteiger partial charge is 0.326 e. The third kappa shape index (κ3) is 5.23. The molecule has 1 aromatic heterocycles. The minimum atomic E-state index is -0.148. The number of hydrogen-bond acceptors (Lipinski definition) is 4. The first kappa shape index (κ1) is 22.7. The Kier molecular flexibility index (Phi) is 6.29. The SMILES string of the molecule is CN(C)Cc1ccccc1NC(=O)c1cccc([C@@H]2C[C@H]2C(=O)Nc2ccc3cnccc3c2)c1. The van der Waals surface area contributed by atoms with Crippen molar-refractivity contribution in [1.82, 2.24) is 9.88 Å². The number of pyridine rings is 1. The lowest BCUT2D eigenvalue weighted by Crippen LogP contribution is -2.17. The molecule has 2 atom stereocenters. The second-order valence-electron chi connectivity index (χ2n) is 9.35. The fourth-order valence-electron chi connectivity index (χ4n) is 4.48. The van der Waals surface area contributed by atoms with Crippen molar-refractivity contribution < 1.29 is 9.59 Å². The maximum Gasteiger partial charge on any atom is 0.255 e. The van der Waals surface area contributed by atoms with Crippen molar-refractivity contribution in [1.29, 1.82) is 0 Å². The van der Waals surface area contributed by atoms with Crippen LogP contribution in [0.2, 0.25) is 0 Å². The zero-order valence-electron chi connectivity index (χ0n) is 19.9. The topological polar surface area (TPSA) is 74.3 Å². The summed E-state index contributed by atoms with van der Waals surface area (Å²) in [5.41, 5.74) is 4.27. The maximum absolute atomic E-state index is 13.0. The number of carbonyl (C=O) groups is 2. The first-order valence-electron chi connectivity index (χ1n) is 11.8. The number of rotatable bonds is 7. The maximum atomic E-state index is 13.0. The van der Waals surface area contributed by atoms with E-state index in [9.17, 15) is 9.59 Å². The Labute approximate surface area is 205 Å². The molecule has 1 fully saturated rings. The number of aromatic nitrogens is 1. The van der Waals surface area contributed by atoms with Crippen molar-refractivity contribution in [3.63, 3.8) is 0 Å². The van der Waals surface area contributed by atoms with Crippen LogP contribution in [-0.4, -0.2) is 35.8 Å². The minimum Gasteiger partial charge on any atom is -0.326 e. The number of carbonyl (C=O) groups excluding carboxylic acids is 2. The van der Waals surface area contributed by atoms with Gasteiger partial charge in [-0.25, -0.2) is 0 Å². The molecule has 2 N–H and O–H groups in total. The van der Waals surface area contributed by atoms with Gasteiger partial charge in [-0.1, -0.05) is 36.4 Å². The molecule has 0 saturated heterocycles. The highest BCUT2D eigenvalue weighted by atomic mass is 16.2. The molecule has 0 aliphatic heterocycles. The molecule has 1 heterocycles. The van der Waals surface area contributed by atoms with Gasteiger partial charge in [-0.15, -0.1) is 0 Å². The molecule has 0 spiro atoms. The Morgan fingerprint density at radius 3 is 2.66 bits per heavy atom. The second-order valence-corrected chi connectivity index (χ2v) is 9.35. The molecule has 1 aliphatic carbocycles. The van der Waals surface area contributed by atoms with Crippen LogP contribution in [0.4, 0.5) is 11.4 Å². The van der Waals surface area contributed by atoms with E-state index in [1.165, 1.54) is 0 Å². The van der Waals surface area contributed by atoms with E-state index in [0.29, 0.717) is 5.56 Å². The molecule has 0 bridgehead atoms. The lowest BCUT2D eigenvalue weighted by Gasteiger charge is -2.15. The van der Waals surface area contributed by atoms with E-state index in [4.69, 9.17) is 0 Å². The average molecular weight is 465 g/mol. The third-order valence-corrected chi connectivity index (χ3v) is 6.36. The number of nitrogens with zero attached hydrogens (tertiary/aromatic N) is 2. The number of para-hydroxylation sites is 1. The Bertz CT molecular complexity index is 1400. The quantitative estimate of drug-likeness (QED) is 0.390. The molecule has 1 saturated carbocycles. The van der Waals surface area contributed by atoms with Gasteiger partial charge in [0.1, 0.15) is 0 Å². The highest BCUT2D eigenvalue weighted by molar-refractivity contribution is 6.05. The highest BCUT2D eigenvalue weighted by Crippen LogP contribution is 2.48. The molecule has 0 unspecified atom stereocenters. The number of amides is 2. The monoisotopic (exact) mass is 464 g/mol. The number of anilines is 2. The molecule has 6 heteroatoms. The molecule has 6 nitrogen and oxygen atoms in total. The zero-order valence-corrected chi connectivity index (χ0v) is 19.9. The summed E-state index contributed by atoms with van der Waals surface area (Å²) in [6, 6.07) is 23.2. The number of fused-ring (bicyclic) bond motifs is 1. The van der Waals surface area contributed by atoms with E-state index in [0.717, 1.165) is 46.2 Å². The Hall–Kier alpha value is -4.03. The number of hydrogen-bond donors (Lipinski definition) is 2. The van der Waals surface area contributed by atoms with Gasteiger partial charge in [0.2, 0.25) is 5.91 Å². The standard InChI is InChI=1S/C29H28N4O2/c1-33(2)18-23-6-3-4-9-27(23)32-28(34)21-8-5-7-20(14-21)25-16-26(25)29(35)31-24-11-10-22-17-30-13-12-19(22)15-24/h3-15,17,25-26H,16,18H2,1-2H3,(H,31,35)(H,32,34)/t25-,26+/m0/s1. The van der Waals surface area contributed by atoms with Crippen LogP contribution in [0.15, 0.2) is 85.2 Å². The van der Waals surface area contributed by atoms with Crippen LogP contribution >= 0.6 is 0 Å². The average Bonchev–Trinajstić information content (AvgIpc) is 3.66. The Morgan fingerprint density at radius 2 is 1.80 bits per heavy atom. The molecular weight excluding hydrogens is 436 g/mol. The number of benzene rings is 3. The van der Waals surface area contributed by atoms with Gasteiger partial charge < -0.3 is 15.5 Å². The van der Waals surface area contributed by atoms with Gasteiger partial charge in [-0.3, -0.25) is 14.6 Å². The summed E-state index contributed by atoms with van der Waals surface area (Å²) in [4.78, 5) is 32.1. The van der Waals surface area contributed by atoms with Gasteiger partial charge >= 0.3 is 0 Å². The van der Waals surface area contributed by atoms with Crippen LogP contribution in [-0.2, 0) is 11.3 Å². The first-order chi connectivity index (χ1) is 17.0. The third-order valence-electron chi connectivity index (χ3n) is 6.36. The van der Waals surface area contributed by atoms with E-state index >= 15 is 0 Å². The van der Waals surface area contributed by atoms with Crippen molar-refractivity contribution in [2.45, 2.75) is 18.9 Å². The molecule has 35 heavy (non-hydrogen) atoms. The van der Waals surface area contributed by atoms with E-state index in [1.54, 1.807) is 6.20 Å². The predicted molar refractivity (Wildman–Crippen MR) is 139 cm³/mol. The second kappa shape index (κ2) is 9.68. The molecule has 5 rings (SSSR count). The summed E-state index contributed by atoms with van der Waals surface area (Å²) in [7, 11) is 4.00. The van der Waals surface area contributed by atoms with Gasteiger partial charge in [0.05, 0.1) is 0 Å². The van der Waals surface area contributed by atoms with E-state index in [2.05, 4.69) is 20.5 Å². The van der Waals surface area contributed by atoms with Crippen molar-refractivity contribution >= 4 is 34.0 Å². The predicted octanol–water partition coefficient (Wildman–Crippen LogP) is 5.29. The first-order valence-corrected chi connectivity index (χ1v) is 11.8. The molecule has 176 valence electrons. The lowest BCUT2D eigenvalue weighted by atomic mass is 10.0. The normalized spacial score (nSPS) is 16.8. The smallest absolute Gasteiger partial charge is 0.255 e. The number of nitrogens with one attached hydrogen (secondary N) is 2. The van der Waals surface area contributed by atoms with Crippen molar-refractivity contribution in [2.24, 2.45) is 5.92 Å². The van der Waals surface area contributed by atoms with Gasteiger partial charge in [-0.2, -0.15) is 0 Å². The molecule has 2 amide bonds. The van der Waals surface area contributed by atoms with Gasteiger partial charge in [-0.05, 0) is 79.3 Å². The van der Waals surface area contributed by atoms with E-state index in [1.807, 2.05) is 93.1 Å². The Balaban J connectivity index is 1.25. The molecular formula is C29H28N4O2. The van der Waals surface area contributed by atoms with Gasteiger partial charge in [0, 0.05) is 47.2 Å². The lowest BCUT2D eigenvalue weighted by molar-refractivity contribution is -0.117. The summed E-state index contributed by atoms with van der Waals surface area (Å²) < 4.78 is 0. The summed E-state index contributed by atoms with van der Waals surface area (Å²) in [6.45, 7) is 0.740. The summed E-state index contributed by atoms with van der Waals surface area (Å²) in [5.74, 6) is -0.114. The van der Waals surface area contributed by atoms with Crippen molar-refractivity contribution in [2.75, 3.05) is 24.7 Å². The Morgan fingerprint density at radius 1 is 0.943 bits per heavy atom. The van der Waals surface area contributed by atoms with Crippen LogP contribution in [0.25, 0.3) is 10.8 Å². The van der Waals surface area contributed by atoms with Gasteiger partial charge in [0.25, 0.3) is 5.91 Å². The molecule has 4 aromatic rings. The summed E-state index contributed by atoms with van der Waals surface area (Å²) in [6.07, 6.45) is 4.33. The van der Waals surface area contributed by atoms with Crippen LogP contribution in [0, 0.1) is 5.92 Å². The zero-order chi connectivity index (χ0) is 24.4. The molecule has 3 aromatic carbocycles. The summed E-state index contributed by atoms with van der Waals surface area (Å²) in [5, 5.41) is 8.17. The molecule has 0 radical (unpaired) electrons. The fourth-order valence-corrected chi connectivity index (χ4v) is 4.48. The van der Waals surface area contributed by atoms with Gasteiger partial charge in [0.15, 0.2) is 0 Å². The fraction of sp³-hybridized carbons (Fsp3) is 0.207. The van der Waals surface area contributed by atoms with Crippen LogP contribution < -0.4 is 10.6 Å². The van der Waals surface area contributed by atoms with Crippen LogP contribution in [0.1, 0.15) is 33.8 Å².